The van der Waals surface area contributed by atoms with E-state index in [4.69, 9.17) is 6.42 Å². The molecule has 2 aliphatic rings. The van der Waals surface area contributed by atoms with Crippen molar-refractivity contribution < 1.29 is 4.79 Å². The molecule has 0 bridgehead atoms. The van der Waals surface area contributed by atoms with E-state index in [1.807, 2.05) is 6.07 Å². The van der Waals surface area contributed by atoms with Crippen molar-refractivity contribution >= 4 is 11.6 Å². The van der Waals surface area contributed by atoms with Gasteiger partial charge in [-0.2, -0.15) is 0 Å². The Hall–Kier alpha value is -1.99. The number of amides is 1. The largest absolute Gasteiger partial charge is 0.371 e. The monoisotopic (exact) mass is 325 g/mol. The van der Waals surface area contributed by atoms with Gasteiger partial charge < -0.3 is 10.2 Å². The van der Waals surface area contributed by atoms with Crippen LogP contribution >= 0.6 is 0 Å². The highest BCUT2D eigenvalue weighted by Gasteiger charge is 2.29. The molecule has 2 saturated heterocycles. The first-order valence-electron chi connectivity index (χ1n) is 9.03. The van der Waals surface area contributed by atoms with Gasteiger partial charge in [0.05, 0.1) is 12.6 Å². The molecule has 0 saturated carbocycles. The molecule has 1 amide bonds. The van der Waals surface area contributed by atoms with Crippen molar-refractivity contribution in [2.24, 2.45) is 5.92 Å². The van der Waals surface area contributed by atoms with Crippen LogP contribution in [-0.4, -0.2) is 49.6 Å². The molecule has 1 N–H and O–H groups in total. The highest BCUT2D eigenvalue weighted by Crippen LogP contribution is 2.23. The normalized spacial score (nSPS) is 24.5. The first-order chi connectivity index (χ1) is 11.8. The summed E-state index contributed by atoms with van der Waals surface area (Å²) in [6, 6.07) is 10.5. The predicted molar refractivity (Wildman–Crippen MR) is 97.8 cm³/mol. The van der Waals surface area contributed by atoms with Crippen molar-refractivity contribution in [3.8, 4) is 12.3 Å². The number of carbonyl (C=O) groups excluding carboxylic acids is 1. The molecule has 128 valence electrons. The molecule has 3 rings (SSSR count). The zero-order valence-electron chi connectivity index (χ0n) is 14.3. The van der Waals surface area contributed by atoms with Crippen LogP contribution in [0, 0.1) is 18.3 Å². The average Bonchev–Trinajstić information content (AvgIpc) is 3.10. The lowest BCUT2D eigenvalue weighted by atomic mass is 10.0. The van der Waals surface area contributed by atoms with E-state index in [1.54, 1.807) is 0 Å². The van der Waals surface area contributed by atoms with E-state index in [9.17, 15) is 4.79 Å². The minimum atomic E-state index is -0.0403. The number of nitrogens with zero attached hydrogens (tertiary/aromatic N) is 2. The van der Waals surface area contributed by atoms with Crippen LogP contribution in [0.2, 0.25) is 0 Å². The molecular weight excluding hydrogens is 298 g/mol. The van der Waals surface area contributed by atoms with Crippen LogP contribution in [0.1, 0.15) is 25.7 Å². The zero-order chi connectivity index (χ0) is 16.8. The van der Waals surface area contributed by atoms with Gasteiger partial charge in [-0.1, -0.05) is 30.5 Å². The molecule has 1 aromatic rings. The maximum atomic E-state index is 12.6. The molecule has 24 heavy (non-hydrogen) atoms. The summed E-state index contributed by atoms with van der Waals surface area (Å²) in [5.41, 5.74) is 1.28. The smallest absolute Gasteiger partial charge is 0.237 e. The Bertz CT molecular complexity index is 580. The lowest BCUT2D eigenvalue weighted by molar-refractivity contribution is -0.127. The van der Waals surface area contributed by atoms with Crippen LogP contribution in [0.4, 0.5) is 5.69 Å². The molecule has 4 nitrogen and oxygen atoms in total. The number of hydrogen-bond acceptors (Lipinski definition) is 3. The molecule has 0 unspecified atom stereocenters. The molecule has 1 aromatic carbocycles. The third kappa shape index (κ3) is 4.10. The van der Waals surface area contributed by atoms with E-state index in [2.05, 4.69) is 45.3 Å². The Morgan fingerprint density at radius 1 is 1.21 bits per heavy atom. The Balaban J connectivity index is 1.47. The fourth-order valence-electron chi connectivity index (χ4n) is 3.83. The lowest BCUT2D eigenvalue weighted by Gasteiger charge is -2.33. The molecule has 0 spiro atoms. The number of terminal acetylenes is 1. The zero-order valence-corrected chi connectivity index (χ0v) is 14.3. The Labute approximate surface area is 145 Å². The second kappa shape index (κ2) is 8.21. The fraction of sp³-hybridized carbons (Fsp3) is 0.550. The predicted octanol–water partition coefficient (Wildman–Crippen LogP) is 2.12. The number of para-hydroxylation sites is 1. The summed E-state index contributed by atoms with van der Waals surface area (Å²) < 4.78 is 0. The van der Waals surface area contributed by atoms with Crippen LogP contribution in [0.3, 0.4) is 0 Å². The Morgan fingerprint density at radius 3 is 2.83 bits per heavy atom. The summed E-state index contributed by atoms with van der Waals surface area (Å²) in [6.45, 7) is 4.36. The molecule has 2 atom stereocenters. The van der Waals surface area contributed by atoms with Crippen LogP contribution in [0.15, 0.2) is 30.3 Å². The van der Waals surface area contributed by atoms with Crippen molar-refractivity contribution in [1.82, 2.24) is 10.2 Å². The number of rotatable bonds is 5. The standard InChI is InChI=1S/C20H27N3O/c1-2-12-22-13-7-6-10-19(22)20(24)21-15-17-11-14-23(16-17)18-8-4-3-5-9-18/h1,3-5,8-9,17,19H,6-7,10-16H2,(H,21,24)/t17-,19-/m1/s1. The van der Waals surface area contributed by atoms with Gasteiger partial charge in [0.25, 0.3) is 0 Å². The number of piperidine rings is 1. The molecule has 2 aliphatic heterocycles. The number of anilines is 1. The summed E-state index contributed by atoms with van der Waals surface area (Å²) in [6.07, 6.45) is 9.75. The van der Waals surface area contributed by atoms with E-state index in [0.717, 1.165) is 51.9 Å². The van der Waals surface area contributed by atoms with Crippen molar-refractivity contribution in [1.29, 1.82) is 0 Å². The molecule has 4 heteroatoms. The van der Waals surface area contributed by atoms with Gasteiger partial charge in [0.1, 0.15) is 0 Å². The van der Waals surface area contributed by atoms with E-state index in [1.165, 1.54) is 5.69 Å². The van der Waals surface area contributed by atoms with Crippen molar-refractivity contribution in [3.05, 3.63) is 30.3 Å². The van der Waals surface area contributed by atoms with Gasteiger partial charge in [0.2, 0.25) is 5.91 Å². The van der Waals surface area contributed by atoms with Crippen LogP contribution in [-0.2, 0) is 4.79 Å². The molecule has 2 fully saturated rings. The topological polar surface area (TPSA) is 35.6 Å². The SMILES string of the molecule is C#CCN1CCCC[C@@H]1C(=O)NC[C@H]1CCN(c2ccccc2)C1. The summed E-state index contributed by atoms with van der Waals surface area (Å²) >= 11 is 0. The minimum Gasteiger partial charge on any atom is -0.371 e. The van der Waals surface area contributed by atoms with Gasteiger partial charge >= 0.3 is 0 Å². The number of carbonyl (C=O) groups is 1. The molecule has 0 aromatic heterocycles. The van der Waals surface area contributed by atoms with E-state index < -0.39 is 0 Å². The lowest BCUT2D eigenvalue weighted by Crippen LogP contribution is -2.50. The highest BCUT2D eigenvalue weighted by molar-refractivity contribution is 5.81. The molecule has 0 radical (unpaired) electrons. The summed E-state index contributed by atoms with van der Waals surface area (Å²) in [5, 5.41) is 3.18. The van der Waals surface area contributed by atoms with E-state index in [0.29, 0.717) is 12.5 Å². The second-order valence-corrected chi connectivity index (χ2v) is 6.87. The quantitative estimate of drug-likeness (QED) is 0.842. The van der Waals surface area contributed by atoms with Crippen molar-refractivity contribution in [3.63, 3.8) is 0 Å². The van der Waals surface area contributed by atoms with Crippen LogP contribution < -0.4 is 10.2 Å². The fourth-order valence-corrected chi connectivity index (χ4v) is 3.83. The average molecular weight is 325 g/mol. The third-order valence-electron chi connectivity index (χ3n) is 5.18. The first-order valence-corrected chi connectivity index (χ1v) is 9.03. The minimum absolute atomic E-state index is 0.0403. The van der Waals surface area contributed by atoms with E-state index >= 15 is 0 Å². The molecule has 2 heterocycles. The Kier molecular flexibility index (Phi) is 5.77. The molecule has 0 aliphatic carbocycles. The van der Waals surface area contributed by atoms with Gasteiger partial charge in [-0.15, -0.1) is 6.42 Å². The van der Waals surface area contributed by atoms with Crippen molar-refractivity contribution in [2.45, 2.75) is 31.7 Å². The highest BCUT2D eigenvalue weighted by atomic mass is 16.2. The van der Waals surface area contributed by atoms with Gasteiger partial charge in [0.15, 0.2) is 0 Å². The summed E-state index contributed by atoms with van der Waals surface area (Å²) in [5.74, 6) is 3.37. The van der Waals surface area contributed by atoms with Gasteiger partial charge in [-0.25, -0.2) is 0 Å². The summed E-state index contributed by atoms with van der Waals surface area (Å²) in [4.78, 5) is 17.1. The number of nitrogens with one attached hydrogen (secondary N) is 1. The van der Waals surface area contributed by atoms with E-state index in [-0.39, 0.29) is 11.9 Å². The van der Waals surface area contributed by atoms with Gasteiger partial charge in [-0.05, 0) is 43.9 Å². The van der Waals surface area contributed by atoms with Gasteiger partial charge in [0, 0.05) is 25.3 Å². The van der Waals surface area contributed by atoms with Gasteiger partial charge in [-0.3, -0.25) is 9.69 Å². The number of benzene rings is 1. The maximum Gasteiger partial charge on any atom is 0.237 e. The van der Waals surface area contributed by atoms with Crippen LogP contribution in [0.5, 0.6) is 0 Å². The number of likely N-dealkylation sites (tertiary alicyclic amines) is 1. The van der Waals surface area contributed by atoms with Crippen LogP contribution in [0.25, 0.3) is 0 Å². The molecular formula is C20H27N3O. The van der Waals surface area contributed by atoms with Crippen molar-refractivity contribution in [2.75, 3.05) is 37.6 Å². The Morgan fingerprint density at radius 2 is 2.04 bits per heavy atom. The summed E-state index contributed by atoms with van der Waals surface area (Å²) in [7, 11) is 0. The third-order valence-corrected chi connectivity index (χ3v) is 5.18. The maximum absolute atomic E-state index is 12.6. The second-order valence-electron chi connectivity index (χ2n) is 6.87. The first kappa shape index (κ1) is 16.9. The number of hydrogen-bond donors (Lipinski definition) is 1.